The Balaban J connectivity index is 1.91. The lowest BCUT2D eigenvalue weighted by molar-refractivity contribution is 0.489. The van der Waals surface area contributed by atoms with E-state index in [9.17, 15) is 0 Å². The van der Waals surface area contributed by atoms with Gasteiger partial charge in [-0.25, -0.2) is 4.98 Å². The van der Waals surface area contributed by atoms with Gasteiger partial charge in [-0.3, -0.25) is 0 Å². The van der Waals surface area contributed by atoms with Crippen LogP contribution in [0.2, 0.25) is 5.02 Å². The van der Waals surface area contributed by atoms with E-state index in [0.717, 1.165) is 11.3 Å². The highest BCUT2D eigenvalue weighted by Crippen LogP contribution is 2.58. The molecule has 88 valence electrons. The van der Waals surface area contributed by atoms with Crippen molar-refractivity contribution in [2.75, 3.05) is 0 Å². The predicted octanol–water partition coefficient (Wildman–Crippen LogP) is 4.51. The average molecular weight is 248 g/mol. The fourth-order valence-electron chi connectivity index (χ4n) is 2.16. The minimum Gasteiger partial charge on any atom is -0.441 e. The minimum absolute atomic E-state index is 0.366. The van der Waals surface area contributed by atoms with Gasteiger partial charge in [-0.1, -0.05) is 31.5 Å². The van der Waals surface area contributed by atoms with Crippen LogP contribution in [0.25, 0.3) is 11.5 Å². The van der Waals surface area contributed by atoms with Crippen molar-refractivity contribution in [1.29, 1.82) is 0 Å². The van der Waals surface area contributed by atoms with Crippen LogP contribution in [0.5, 0.6) is 0 Å². The van der Waals surface area contributed by atoms with Crippen molar-refractivity contribution in [2.45, 2.75) is 26.2 Å². The zero-order valence-corrected chi connectivity index (χ0v) is 10.7. The van der Waals surface area contributed by atoms with E-state index in [1.165, 1.54) is 6.42 Å². The van der Waals surface area contributed by atoms with Gasteiger partial charge in [0.2, 0.25) is 5.89 Å². The van der Waals surface area contributed by atoms with E-state index in [0.29, 0.717) is 22.2 Å². The molecule has 2 aromatic rings. The van der Waals surface area contributed by atoms with E-state index >= 15 is 0 Å². The van der Waals surface area contributed by atoms with Crippen LogP contribution in [-0.2, 0) is 0 Å². The fraction of sp³-hybridized carbons (Fsp3) is 0.357. The summed E-state index contributed by atoms with van der Waals surface area (Å²) >= 11 is 5.95. The maximum absolute atomic E-state index is 5.95. The van der Waals surface area contributed by atoms with E-state index in [1.54, 1.807) is 0 Å². The summed E-state index contributed by atoms with van der Waals surface area (Å²) in [6, 6.07) is 7.58. The van der Waals surface area contributed by atoms with Crippen molar-refractivity contribution >= 4 is 11.6 Å². The Kier molecular flexibility index (Phi) is 2.30. The predicted molar refractivity (Wildman–Crippen MR) is 68.1 cm³/mol. The number of hydrogen-bond donors (Lipinski definition) is 0. The maximum Gasteiger partial charge on any atom is 0.226 e. The van der Waals surface area contributed by atoms with Crippen LogP contribution >= 0.6 is 11.6 Å². The number of hydrogen-bond acceptors (Lipinski definition) is 2. The first-order chi connectivity index (χ1) is 8.06. The molecule has 0 N–H and O–H groups in total. The molecule has 3 heteroatoms. The summed E-state index contributed by atoms with van der Waals surface area (Å²) in [5.74, 6) is 2.16. The van der Waals surface area contributed by atoms with Gasteiger partial charge in [-0.15, -0.1) is 0 Å². The molecule has 0 amide bonds. The van der Waals surface area contributed by atoms with Crippen LogP contribution in [0.3, 0.4) is 0 Å². The van der Waals surface area contributed by atoms with Gasteiger partial charge in [0.25, 0.3) is 0 Å². The van der Waals surface area contributed by atoms with Gasteiger partial charge < -0.3 is 4.42 Å². The van der Waals surface area contributed by atoms with Crippen molar-refractivity contribution in [3.8, 4) is 11.5 Å². The summed E-state index contributed by atoms with van der Waals surface area (Å²) in [6.45, 7) is 4.50. The van der Waals surface area contributed by atoms with E-state index in [4.69, 9.17) is 16.0 Å². The highest BCUT2D eigenvalue weighted by Gasteiger charge is 2.48. The lowest BCUT2D eigenvalue weighted by Crippen LogP contribution is -1.87. The van der Waals surface area contributed by atoms with Crippen molar-refractivity contribution in [3.05, 3.63) is 41.2 Å². The molecule has 1 unspecified atom stereocenters. The number of oxazole rings is 1. The Hall–Kier alpha value is -1.28. The van der Waals surface area contributed by atoms with Crippen LogP contribution < -0.4 is 0 Å². The molecule has 0 bridgehead atoms. The second-order valence-corrected chi connectivity index (χ2v) is 5.76. The van der Waals surface area contributed by atoms with E-state index in [2.05, 4.69) is 18.8 Å². The molecule has 17 heavy (non-hydrogen) atoms. The third kappa shape index (κ3) is 1.98. The third-order valence-corrected chi connectivity index (χ3v) is 3.69. The van der Waals surface area contributed by atoms with Gasteiger partial charge in [0.1, 0.15) is 5.76 Å². The van der Waals surface area contributed by atoms with E-state index < -0.39 is 0 Å². The monoisotopic (exact) mass is 247 g/mol. The molecule has 2 nitrogen and oxygen atoms in total. The fourth-order valence-corrected chi connectivity index (χ4v) is 2.35. The van der Waals surface area contributed by atoms with Gasteiger partial charge in [0.05, 0.1) is 6.20 Å². The molecule has 1 fully saturated rings. The summed E-state index contributed by atoms with van der Waals surface area (Å²) in [6.07, 6.45) is 3.02. The van der Waals surface area contributed by atoms with Crippen LogP contribution in [0.1, 0.15) is 31.9 Å². The smallest absolute Gasteiger partial charge is 0.226 e. The molecule has 1 atom stereocenters. The van der Waals surface area contributed by atoms with Crippen molar-refractivity contribution in [3.63, 3.8) is 0 Å². The molecule has 1 aromatic heterocycles. The lowest BCUT2D eigenvalue weighted by atomic mass is 10.1. The first-order valence-corrected chi connectivity index (χ1v) is 6.16. The van der Waals surface area contributed by atoms with Crippen molar-refractivity contribution < 1.29 is 4.42 Å². The number of aromatic nitrogens is 1. The van der Waals surface area contributed by atoms with Gasteiger partial charge in [0, 0.05) is 16.5 Å². The number of rotatable bonds is 2. The summed E-state index contributed by atoms with van der Waals surface area (Å²) in [4.78, 5) is 4.33. The molecule has 0 spiro atoms. The van der Waals surface area contributed by atoms with Crippen molar-refractivity contribution in [2.24, 2.45) is 5.41 Å². The molecule has 1 aromatic carbocycles. The number of halogens is 1. The van der Waals surface area contributed by atoms with Gasteiger partial charge in [-0.05, 0) is 30.0 Å². The summed E-state index contributed by atoms with van der Waals surface area (Å²) in [7, 11) is 0. The number of nitrogens with zero attached hydrogens (tertiary/aromatic N) is 1. The van der Waals surface area contributed by atoms with Gasteiger partial charge >= 0.3 is 0 Å². The quantitative estimate of drug-likeness (QED) is 0.781. The largest absolute Gasteiger partial charge is 0.441 e. The van der Waals surface area contributed by atoms with Gasteiger partial charge in [0.15, 0.2) is 0 Å². The number of benzene rings is 1. The highest BCUT2D eigenvalue weighted by atomic mass is 35.5. The Morgan fingerprint density at radius 2 is 2.18 bits per heavy atom. The zero-order valence-electron chi connectivity index (χ0n) is 9.90. The lowest BCUT2D eigenvalue weighted by Gasteiger charge is -1.99. The van der Waals surface area contributed by atoms with Crippen LogP contribution in [0.4, 0.5) is 0 Å². The van der Waals surface area contributed by atoms with Gasteiger partial charge in [-0.2, -0.15) is 0 Å². The molecular formula is C14H14ClNO. The molecule has 0 saturated heterocycles. The van der Waals surface area contributed by atoms with Crippen LogP contribution in [0, 0.1) is 5.41 Å². The highest BCUT2D eigenvalue weighted by molar-refractivity contribution is 6.30. The SMILES string of the molecule is CC1(C)CC1c1cnc(-c2cccc(Cl)c2)o1. The molecule has 3 rings (SSSR count). The normalized spacial score (nSPS) is 21.5. The Morgan fingerprint density at radius 3 is 2.82 bits per heavy atom. The van der Waals surface area contributed by atoms with Crippen LogP contribution in [0.15, 0.2) is 34.9 Å². The first kappa shape index (κ1) is 10.8. The Bertz CT molecular complexity index is 559. The molecule has 1 aliphatic carbocycles. The summed E-state index contributed by atoms with van der Waals surface area (Å²) in [5.41, 5.74) is 1.30. The molecule has 0 aliphatic heterocycles. The summed E-state index contributed by atoms with van der Waals surface area (Å²) in [5, 5.41) is 0.703. The average Bonchev–Trinajstić information content (AvgIpc) is 2.76. The zero-order chi connectivity index (χ0) is 12.0. The molecular weight excluding hydrogens is 234 g/mol. The van der Waals surface area contributed by atoms with Crippen molar-refractivity contribution in [1.82, 2.24) is 4.98 Å². The standard InChI is InChI=1S/C14H14ClNO/c1-14(2)7-11(14)12-8-16-13(17-12)9-4-3-5-10(15)6-9/h3-6,8,11H,7H2,1-2H3. The molecule has 1 saturated carbocycles. The second kappa shape index (κ2) is 3.61. The molecule has 0 radical (unpaired) electrons. The topological polar surface area (TPSA) is 26.0 Å². The summed E-state index contributed by atoms with van der Waals surface area (Å²) < 4.78 is 5.81. The minimum atomic E-state index is 0.366. The Labute approximate surface area is 106 Å². The second-order valence-electron chi connectivity index (χ2n) is 5.32. The molecule has 1 aliphatic rings. The molecule has 1 heterocycles. The van der Waals surface area contributed by atoms with Crippen LogP contribution in [-0.4, -0.2) is 4.98 Å². The van der Waals surface area contributed by atoms with E-state index in [-0.39, 0.29) is 0 Å². The Morgan fingerprint density at radius 1 is 1.41 bits per heavy atom. The third-order valence-electron chi connectivity index (χ3n) is 3.45. The maximum atomic E-state index is 5.95. The first-order valence-electron chi connectivity index (χ1n) is 5.78. The van der Waals surface area contributed by atoms with E-state index in [1.807, 2.05) is 30.5 Å².